The molecule has 0 bridgehead atoms. The Kier molecular flexibility index (Phi) is 6.21. The molecule has 0 unspecified atom stereocenters. The van der Waals surface area contributed by atoms with Crippen molar-refractivity contribution in [2.75, 3.05) is 0 Å². The quantitative estimate of drug-likeness (QED) is 0.110. The van der Waals surface area contributed by atoms with Gasteiger partial charge in [-0.25, -0.2) is 9.18 Å². The van der Waals surface area contributed by atoms with Crippen LogP contribution in [-0.4, -0.2) is 10.4 Å². The van der Waals surface area contributed by atoms with Crippen LogP contribution in [0.15, 0.2) is 106 Å². The lowest BCUT2D eigenvalue weighted by Gasteiger charge is -2.13. The fraction of sp³-hybridized carbons (Fsp3) is 0.0968. The summed E-state index contributed by atoms with van der Waals surface area (Å²) in [7, 11) is 0. The molecule has 5 aromatic rings. The highest BCUT2D eigenvalue weighted by molar-refractivity contribution is 6.06. The minimum absolute atomic E-state index is 0.0124. The normalized spacial score (nSPS) is 12.0. The van der Waals surface area contributed by atoms with E-state index in [-0.39, 0.29) is 17.4 Å². The third kappa shape index (κ3) is 4.31. The van der Waals surface area contributed by atoms with Gasteiger partial charge in [-0.2, -0.15) is 0 Å². The second-order valence-corrected chi connectivity index (χ2v) is 8.82. The third-order valence-electron chi connectivity index (χ3n) is 6.12. The summed E-state index contributed by atoms with van der Waals surface area (Å²) < 4.78 is 21.1. The molecule has 3 aromatic carbocycles. The van der Waals surface area contributed by atoms with Gasteiger partial charge >= 0.3 is 5.63 Å². The van der Waals surface area contributed by atoms with Crippen LogP contribution in [0.2, 0.25) is 0 Å². The second-order valence-electron chi connectivity index (χ2n) is 8.82. The number of hydrogen-bond acceptors (Lipinski definition) is 3. The number of aromatic nitrogens is 1. The van der Waals surface area contributed by atoms with Crippen molar-refractivity contribution in [3.63, 3.8) is 0 Å². The van der Waals surface area contributed by atoms with E-state index < -0.39 is 11.4 Å². The zero-order valence-corrected chi connectivity index (χ0v) is 19.9. The number of allylic oxidation sites excluding steroid dienone is 3. The Morgan fingerprint density at radius 1 is 0.944 bits per heavy atom. The summed E-state index contributed by atoms with van der Waals surface area (Å²) in [6.45, 7) is 4.22. The van der Waals surface area contributed by atoms with E-state index in [1.807, 2.05) is 24.3 Å². The number of hydrogen-bond donors (Lipinski definition) is 0. The molecule has 0 amide bonds. The molecule has 2 aromatic heterocycles. The predicted octanol–water partition coefficient (Wildman–Crippen LogP) is 7.59. The van der Waals surface area contributed by atoms with E-state index in [1.54, 1.807) is 48.6 Å². The van der Waals surface area contributed by atoms with Gasteiger partial charge in [-0.05, 0) is 61.9 Å². The predicted molar refractivity (Wildman–Crippen MR) is 143 cm³/mol. The van der Waals surface area contributed by atoms with Gasteiger partial charge in [0, 0.05) is 33.6 Å². The van der Waals surface area contributed by atoms with Crippen LogP contribution in [-0.2, 0) is 0 Å². The fourth-order valence-corrected chi connectivity index (χ4v) is 4.54. The Morgan fingerprint density at radius 2 is 1.67 bits per heavy atom. The summed E-state index contributed by atoms with van der Waals surface area (Å²) in [5, 5.41) is 1.75. The molecule has 0 saturated heterocycles. The lowest BCUT2D eigenvalue weighted by molar-refractivity contribution is 0.104. The highest BCUT2D eigenvalue weighted by atomic mass is 19.1. The lowest BCUT2D eigenvalue weighted by Crippen LogP contribution is -2.11. The third-order valence-corrected chi connectivity index (χ3v) is 6.12. The molecular formula is C31H24FNO3. The Hall–Kier alpha value is -4.51. The molecule has 36 heavy (non-hydrogen) atoms. The van der Waals surface area contributed by atoms with Crippen LogP contribution in [0.1, 0.15) is 35.9 Å². The second kappa shape index (κ2) is 9.62. The van der Waals surface area contributed by atoms with E-state index in [9.17, 15) is 14.0 Å². The number of para-hydroxylation sites is 2. The van der Waals surface area contributed by atoms with Gasteiger partial charge in [0.05, 0.1) is 0 Å². The van der Waals surface area contributed by atoms with Gasteiger partial charge in [-0.15, -0.1) is 0 Å². The fourth-order valence-electron chi connectivity index (χ4n) is 4.54. The maximum atomic E-state index is 13.6. The van der Waals surface area contributed by atoms with E-state index in [4.69, 9.17) is 4.42 Å². The molecule has 0 saturated carbocycles. The number of halogens is 1. The maximum absolute atomic E-state index is 13.6. The monoisotopic (exact) mass is 477 g/mol. The number of carbonyl (C=O) groups excluding carboxylic acids is 1. The van der Waals surface area contributed by atoms with E-state index in [2.05, 4.69) is 30.5 Å². The number of fused-ring (bicyclic) bond motifs is 2. The molecule has 0 atom stereocenters. The van der Waals surface area contributed by atoms with Gasteiger partial charge in [0.1, 0.15) is 17.0 Å². The smallest absolute Gasteiger partial charge is 0.347 e. The molecular weight excluding hydrogens is 453 g/mol. The molecule has 0 radical (unpaired) electrons. The van der Waals surface area contributed by atoms with Crippen molar-refractivity contribution in [3.05, 3.63) is 125 Å². The van der Waals surface area contributed by atoms with E-state index >= 15 is 0 Å². The van der Waals surface area contributed by atoms with Gasteiger partial charge < -0.3 is 8.98 Å². The molecule has 5 rings (SSSR count). The van der Waals surface area contributed by atoms with Gasteiger partial charge in [0.25, 0.3) is 0 Å². The van der Waals surface area contributed by atoms with Crippen LogP contribution in [0.25, 0.3) is 39.1 Å². The molecule has 4 nitrogen and oxygen atoms in total. The Labute approximate surface area is 207 Å². The Morgan fingerprint density at radius 3 is 2.44 bits per heavy atom. The summed E-state index contributed by atoms with van der Waals surface area (Å²) in [5.41, 5.74) is 3.68. The highest BCUT2D eigenvalue weighted by Gasteiger charge is 2.18. The van der Waals surface area contributed by atoms with Crippen molar-refractivity contribution in [2.24, 2.45) is 0 Å². The number of carbonyl (C=O) groups is 1. The minimum Gasteiger partial charge on any atom is -0.422 e. The van der Waals surface area contributed by atoms with Crippen molar-refractivity contribution in [1.82, 2.24) is 4.57 Å². The summed E-state index contributed by atoms with van der Waals surface area (Å²) in [6.07, 6.45) is 6.69. The summed E-state index contributed by atoms with van der Waals surface area (Å²) >= 11 is 0. The molecule has 5 heteroatoms. The number of benzene rings is 3. The first-order chi connectivity index (χ1) is 17.4. The molecule has 0 spiro atoms. The van der Waals surface area contributed by atoms with Crippen LogP contribution in [0, 0.1) is 5.82 Å². The van der Waals surface area contributed by atoms with Crippen LogP contribution in [0.3, 0.4) is 0 Å². The summed E-state index contributed by atoms with van der Waals surface area (Å²) in [5.74, 6) is -0.717. The van der Waals surface area contributed by atoms with Crippen LogP contribution in [0.4, 0.5) is 4.39 Å². The van der Waals surface area contributed by atoms with Crippen LogP contribution < -0.4 is 5.63 Å². The number of nitrogens with zero attached hydrogens (tertiary/aromatic N) is 1. The molecule has 0 N–H and O–H groups in total. The van der Waals surface area contributed by atoms with Crippen molar-refractivity contribution in [1.29, 1.82) is 0 Å². The number of ketones is 1. The zero-order valence-electron chi connectivity index (χ0n) is 19.9. The van der Waals surface area contributed by atoms with E-state index in [0.717, 1.165) is 27.7 Å². The topological polar surface area (TPSA) is 52.2 Å². The first-order valence-corrected chi connectivity index (χ1v) is 11.7. The molecule has 178 valence electrons. The largest absolute Gasteiger partial charge is 0.422 e. The van der Waals surface area contributed by atoms with Gasteiger partial charge in [-0.1, -0.05) is 60.7 Å². The summed E-state index contributed by atoms with van der Waals surface area (Å²) in [6, 6.07) is 23.4. The molecule has 0 aliphatic carbocycles. The first kappa shape index (κ1) is 23.2. The van der Waals surface area contributed by atoms with Gasteiger partial charge in [0.2, 0.25) is 0 Å². The SMILES string of the molecule is CC(C)n1c(C=CC=CC(=O)c2cc3ccccc3oc2=O)c(-c2ccc(F)cc2)c2ccccc21. The Balaban J connectivity index is 1.54. The molecule has 0 aliphatic heterocycles. The van der Waals surface area contributed by atoms with Crippen molar-refractivity contribution in [2.45, 2.75) is 19.9 Å². The van der Waals surface area contributed by atoms with Crippen molar-refractivity contribution >= 4 is 33.7 Å². The number of rotatable bonds is 6. The first-order valence-electron chi connectivity index (χ1n) is 11.7. The van der Waals surface area contributed by atoms with E-state index in [1.165, 1.54) is 18.2 Å². The molecule has 2 heterocycles. The average Bonchev–Trinajstić information content (AvgIpc) is 3.21. The van der Waals surface area contributed by atoms with E-state index in [0.29, 0.717) is 11.0 Å². The summed E-state index contributed by atoms with van der Waals surface area (Å²) in [4.78, 5) is 25.0. The standard InChI is InChI=1S/C31H24FNO3/c1-20(2)33-26-11-5-4-10-24(26)30(21-15-17-23(32)18-16-21)27(33)12-6-7-13-28(34)25-19-22-9-3-8-14-29(22)36-31(25)35/h3-20H,1-2H3. The molecule has 0 fully saturated rings. The van der Waals surface area contributed by atoms with Crippen molar-refractivity contribution in [3.8, 4) is 11.1 Å². The highest BCUT2D eigenvalue weighted by Crippen LogP contribution is 2.37. The van der Waals surface area contributed by atoms with Crippen LogP contribution in [0.5, 0.6) is 0 Å². The van der Waals surface area contributed by atoms with Crippen LogP contribution >= 0.6 is 0 Å². The van der Waals surface area contributed by atoms with Crippen molar-refractivity contribution < 1.29 is 13.6 Å². The zero-order chi connectivity index (χ0) is 25.2. The maximum Gasteiger partial charge on any atom is 0.347 e. The van der Waals surface area contributed by atoms with Gasteiger partial charge in [-0.3, -0.25) is 4.79 Å². The van der Waals surface area contributed by atoms with Gasteiger partial charge in [0.15, 0.2) is 5.78 Å². The Bertz CT molecular complexity index is 1700. The lowest BCUT2D eigenvalue weighted by atomic mass is 10.0. The minimum atomic E-state index is -0.661. The molecule has 0 aliphatic rings. The average molecular weight is 478 g/mol.